The Kier molecular flexibility index (Phi) is 24.6. The van der Waals surface area contributed by atoms with E-state index in [0.29, 0.717) is 19.3 Å². The molecule has 0 bridgehead atoms. The number of carbonyl (C=O) groups is 2. The Morgan fingerprint density at radius 2 is 1.04 bits per heavy atom. The fraction of sp³-hybridized carbons (Fsp3) is 0.933. The van der Waals surface area contributed by atoms with Gasteiger partial charge in [-0.2, -0.15) is 0 Å². The standard InChI is InChI=1S/C30H59O18P3S/c1-3-5-6-7-8-9-10-11-12-13-14-15-16-18-23(31)45-22(19-20-52-24(32)17-4-2)21-44-51(42,43)48-30-26(34)28(46-49(36,37)38)25(33)29(27(30)35)47-50(39,40)41/h22,25-30,33-35H,3-21H2,1-2H3,(H,42,43)(H2,36,37,38)(H2,39,40,41)/t22-,25?,26-,27?,28-,29+,30?/m1/s1. The number of phosphoric acid groups is 3. The van der Waals surface area contributed by atoms with Gasteiger partial charge in [0.25, 0.3) is 0 Å². The van der Waals surface area contributed by atoms with Crippen LogP contribution in [0.5, 0.6) is 0 Å². The van der Waals surface area contributed by atoms with Crippen molar-refractivity contribution in [3.8, 4) is 0 Å². The van der Waals surface area contributed by atoms with E-state index < -0.39 is 78.8 Å². The number of aliphatic hydroxyl groups is 3. The topological polar surface area (TPSA) is 293 Å². The summed E-state index contributed by atoms with van der Waals surface area (Å²) in [6, 6.07) is 0. The average Bonchev–Trinajstić information content (AvgIpc) is 3.04. The van der Waals surface area contributed by atoms with Gasteiger partial charge in [-0.3, -0.25) is 27.7 Å². The van der Waals surface area contributed by atoms with Crippen molar-refractivity contribution in [2.24, 2.45) is 0 Å². The molecule has 1 aliphatic carbocycles. The molecule has 1 rings (SSSR count). The molecule has 0 aliphatic heterocycles. The van der Waals surface area contributed by atoms with E-state index in [9.17, 15) is 63.1 Å². The molecule has 0 aromatic rings. The summed E-state index contributed by atoms with van der Waals surface area (Å²) in [5, 5.41) is 31.4. The van der Waals surface area contributed by atoms with E-state index >= 15 is 0 Å². The molecule has 8 atom stereocenters. The lowest BCUT2D eigenvalue weighted by atomic mass is 9.85. The Bertz CT molecular complexity index is 1130. The average molecular weight is 833 g/mol. The summed E-state index contributed by atoms with van der Waals surface area (Å²) < 4.78 is 59.7. The summed E-state index contributed by atoms with van der Waals surface area (Å²) in [5.41, 5.74) is 0. The van der Waals surface area contributed by atoms with Crippen LogP contribution in [-0.2, 0) is 46.1 Å². The maximum Gasteiger partial charge on any atom is 0.472 e. The molecular formula is C30H59O18P3S. The minimum absolute atomic E-state index is 0.0156. The Hall–Kier alpha value is -0.300. The summed E-state index contributed by atoms with van der Waals surface area (Å²) in [4.78, 5) is 71.8. The molecule has 1 fully saturated rings. The van der Waals surface area contributed by atoms with Gasteiger partial charge in [-0.1, -0.05) is 103 Å². The first-order chi connectivity index (χ1) is 24.3. The maximum absolute atomic E-state index is 12.9. The zero-order valence-electron chi connectivity index (χ0n) is 29.9. The number of carbonyl (C=O) groups excluding carboxylic acids is 2. The summed E-state index contributed by atoms with van der Waals surface area (Å²) in [5.74, 6) is -0.451. The van der Waals surface area contributed by atoms with Crippen molar-refractivity contribution in [3.63, 3.8) is 0 Å². The van der Waals surface area contributed by atoms with E-state index in [1.807, 2.05) is 6.92 Å². The Morgan fingerprint density at radius 1 is 0.615 bits per heavy atom. The number of thioether (sulfide) groups is 1. The van der Waals surface area contributed by atoms with Crippen molar-refractivity contribution >= 4 is 46.3 Å². The van der Waals surface area contributed by atoms with Crippen LogP contribution in [0, 0.1) is 0 Å². The van der Waals surface area contributed by atoms with Gasteiger partial charge in [0.1, 0.15) is 42.7 Å². The quantitative estimate of drug-likeness (QED) is 0.0295. The smallest absolute Gasteiger partial charge is 0.460 e. The van der Waals surface area contributed by atoms with E-state index in [1.165, 1.54) is 51.4 Å². The number of ether oxygens (including phenoxy) is 1. The first-order valence-electron chi connectivity index (χ1n) is 17.8. The van der Waals surface area contributed by atoms with Gasteiger partial charge in [0.2, 0.25) is 0 Å². The fourth-order valence-electron chi connectivity index (χ4n) is 5.51. The third kappa shape index (κ3) is 22.3. The zero-order chi connectivity index (χ0) is 39.4. The van der Waals surface area contributed by atoms with Crippen molar-refractivity contribution in [3.05, 3.63) is 0 Å². The molecular weight excluding hydrogens is 773 g/mol. The van der Waals surface area contributed by atoms with Gasteiger partial charge in [-0.15, -0.1) is 0 Å². The van der Waals surface area contributed by atoms with Crippen molar-refractivity contribution in [2.45, 2.75) is 166 Å². The summed E-state index contributed by atoms with van der Waals surface area (Å²) in [7, 11) is -16.4. The van der Waals surface area contributed by atoms with E-state index in [1.54, 1.807) is 0 Å². The lowest BCUT2D eigenvalue weighted by Crippen LogP contribution is -2.65. The van der Waals surface area contributed by atoms with Crippen LogP contribution in [0.15, 0.2) is 0 Å². The predicted molar refractivity (Wildman–Crippen MR) is 190 cm³/mol. The van der Waals surface area contributed by atoms with Crippen molar-refractivity contribution in [1.29, 1.82) is 0 Å². The maximum atomic E-state index is 12.9. The van der Waals surface area contributed by atoms with Crippen LogP contribution in [0.25, 0.3) is 0 Å². The Morgan fingerprint density at radius 3 is 1.46 bits per heavy atom. The minimum atomic E-state index is -5.51. The van der Waals surface area contributed by atoms with Crippen LogP contribution in [0.4, 0.5) is 0 Å². The highest BCUT2D eigenvalue weighted by Crippen LogP contribution is 2.51. The molecule has 52 heavy (non-hydrogen) atoms. The van der Waals surface area contributed by atoms with Crippen LogP contribution < -0.4 is 0 Å². The van der Waals surface area contributed by atoms with Gasteiger partial charge >= 0.3 is 29.4 Å². The number of esters is 1. The normalized spacial score (nSPS) is 24.3. The van der Waals surface area contributed by atoms with Gasteiger partial charge in [-0.05, 0) is 19.3 Å². The lowest BCUT2D eigenvalue weighted by Gasteiger charge is -2.44. The van der Waals surface area contributed by atoms with Crippen LogP contribution in [0.3, 0.4) is 0 Å². The van der Waals surface area contributed by atoms with Gasteiger partial charge in [0.05, 0.1) is 6.61 Å². The summed E-state index contributed by atoms with van der Waals surface area (Å²) >= 11 is 0.973. The molecule has 0 aromatic carbocycles. The molecule has 0 radical (unpaired) electrons. The van der Waals surface area contributed by atoms with E-state index in [-0.39, 0.29) is 23.7 Å². The molecule has 0 amide bonds. The van der Waals surface area contributed by atoms with Gasteiger partial charge in [0, 0.05) is 18.6 Å². The predicted octanol–water partition coefficient (Wildman–Crippen LogP) is 4.38. The highest BCUT2D eigenvalue weighted by atomic mass is 32.2. The van der Waals surface area contributed by atoms with Crippen LogP contribution in [0.2, 0.25) is 0 Å². The molecule has 0 spiro atoms. The minimum Gasteiger partial charge on any atom is -0.460 e. The van der Waals surface area contributed by atoms with E-state index in [0.717, 1.165) is 37.4 Å². The lowest BCUT2D eigenvalue weighted by molar-refractivity contribution is -0.213. The first-order valence-corrected chi connectivity index (χ1v) is 23.4. The third-order valence-corrected chi connectivity index (χ3v) is 11.1. The van der Waals surface area contributed by atoms with E-state index in [4.69, 9.17) is 13.8 Å². The summed E-state index contributed by atoms with van der Waals surface area (Å²) in [6.07, 6.45) is -0.358. The number of unbranched alkanes of at least 4 members (excludes halogenated alkanes) is 12. The monoisotopic (exact) mass is 832 g/mol. The SMILES string of the molecule is CCCCCCCCCCCCCCCC(=O)O[C@H](CCSC(=O)CCC)COP(=O)(O)OC1C(O)[C@@H](OP(=O)(O)O)C(O)[C@@H](OP(=O)(O)O)[C@H]1O. The second-order valence-electron chi connectivity index (χ2n) is 12.8. The molecule has 8 N–H and O–H groups in total. The third-order valence-electron chi connectivity index (χ3n) is 8.16. The fourth-order valence-corrected chi connectivity index (χ4v) is 8.57. The Balaban J connectivity index is 2.78. The number of hydrogen-bond acceptors (Lipinski definition) is 14. The van der Waals surface area contributed by atoms with Crippen molar-refractivity contribution < 1.29 is 85.9 Å². The molecule has 22 heteroatoms. The second-order valence-corrected chi connectivity index (χ2v) is 17.7. The van der Waals surface area contributed by atoms with Crippen LogP contribution in [-0.4, -0.2) is 106 Å². The number of hydrogen-bond donors (Lipinski definition) is 8. The second kappa shape index (κ2) is 25.8. The molecule has 1 saturated carbocycles. The molecule has 4 unspecified atom stereocenters. The van der Waals surface area contributed by atoms with Crippen molar-refractivity contribution in [2.75, 3.05) is 12.4 Å². The van der Waals surface area contributed by atoms with Crippen LogP contribution in [0.1, 0.15) is 123 Å². The summed E-state index contributed by atoms with van der Waals surface area (Å²) in [6.45, 7) is 3.26. The van der Waals surface area contributed by atoms with Gasteiger partial charge in [-0.25, -0.2) is 13.7 Å². The van der Waals surface area contributed by atoms with Gasteiger partial charge < -0.3 is 44.5 Å². The molecule has 0 saturated heterocycles. The van der Waals surface area contributed by atoms with Gasteiger partial charge in [0.15, 0.2) is 5.12 Å². The molecule has 1 aliphatic rings. The van der Waals surface area contributed by atoms with Crippen LogP contribution >= 0.6 is 35.2 Å². The first kappa shape index (κ1) is 49.7. The highest BCUT2D eigenvalue weighted by Gasteiger charge is 2.56. The Labute approximate surface area is 309 Å². The number of aliphatic hydroxyl groups excluding tert-OH is 3. The molecule has 18 nitrogen and oxygen atoms in total. The molecule has 0 aromatic heterocycles. The number of phosphoric ester groups is 3. The highest BCUT2D eigenvalue weighted by molar-refractivity contribution is 8.13. The molecule has 308 valence electrons. The number of rotatable bonds is 29. The van der Waals surface area contributed by atoms with E-state index in [2.05, 4.69) is 16.0 Å². The van der Waals surface area contributed by atoms with Crippen molar-refractivity contribution in [1.82, 2.24) is 0 Å². The molecule has 0 heterocycles. The zero-order valence-corrected chi connectivity index (χ0v) is 33.4. The largest absolute Gasteiger partial charge is 0.472 e.